The van der Waals surface area contributed by atoms with Crippen molar-refractivity contribution < 1.29 is 18.0 Å². The molecule has 1 aliphatic heterocycles. The van der Waals surface area contributed by atoms with Gasteiger partial charge in [0, 0.05) is 25.5 Å². The van der Waals surface area contributed by atoms with E-state index in [-0.39, 0.29) is 23.8 Å². The number of likely N-dealkylation sites (tertiary alicyclic amines) is 1. The van der Waals surface area contributed by atoms with E-state index in [2.05, 4.69) is 32.4 Å². The SMILES string of the molecule is Cc1cccc(-n2nccn2)c1C(=O)N1CCC[C@@H](C)[C@H]1CNc1ncc(C(F)(F)F)cn1. The fourth-order valence-electron chi connectivity index (χ4n) is 4.16. The minimum Gasteiger partial charge on any atom is -0.352 e. The molecule has 8 nitrogen and oxygen atoms in total. The molecule has 3 aromatic rings. The van der Waals surface area contributed by atoms with Crippen LogP contribution in [0.5, 0.6) is 0 Å². The maximum Gasteiger partial charge on any atom is 0.419 e. The van der Waals surface area contributed by atoms with Crippen molar-refractivity contribution >= 4 is 11.9 Å². The first kappa shape index (κ1) is 22.7. The monoisotopic (exact) mass is 459 g/mol. The molecule has 0 unspecified atom stereocenters. The maximum atomic E-state index is 13.7. The molecule has 1 amide bonds. The second-order valence-electron chi connectivity index (χ2n) is 8.15. The Morgan fingerprint density at radius 2 is 1.88 bits per heavy atom. The molecule has 0 spiro atoms. The molecule has 2 aromatic heterocycles. The first-order valence-corrected chi connectivity index (χ1v) is 10.7. The smallest absolute Gasteiger partial charge is 0.352 e. The van der Waals surface area contributed by atoms with Gasteiger partial charge >= 0.3 is 6.18 Å². The number of hydrogen-bond acceptors (Lipinski definition) is 6. The van der Waals surface area contributed by atoms with E-state index in [0.717, 1.165) is 30.8 Å². The molecule has 2 atom stereocenters. The number of piperidine rings is 1. The van der Waals surface area contributed by atoms with Crippen molar-refractivity contribution in [1.82, 2.24) is 29.9 Å². The standard InChI is InChI=1S/C22H24F3N7O/c1-14-6-4-10-31(18(14)13-28-21-26-11-16(12-27-21)22(23,24)25)20(33)19-15(2)5-3-7-17(19)32-29-8-9-30-32/h3,5,7-9,11-12,14,18H,4,6,10,13H2,1-2H3,(H,26,27,28)/t14-,18-/m1/s1. The van der Waals surface area contributed by atoms with Gasteiger partial charge in [0.1, 0.15) is 0 Å². The number of anilines is 1. The molecule has 1 saturated heterocycles. The number of amides is 1. The van der Waals surface area contributed by atoms with E-state index in [1.807, 2.05) is 24.0 Å². The van der Waals surface area contributed by atoms with Crippen LogP contribution in [-0.2, 0) is 6.18 Å². The molecule has 1 aromatic carbocycles. The highest BCUT2D eigenvalue weighted by Crippen LogP contribution is 2.29. The summed E-state index contributed by atoms with van der Waals surface area (Å²) in [7, 11) is 0. The summed E-state index contributed by atoms with van der Waals surface area (Å²) in [6.07, 6.45) is 1.91. The van der Waals surface area contributed by atoms with Gasteiger partial charge in [-0.15, -0.1) is 0 Å². The number of benzene rings is 1. The number of nitrogens with one attached hydrogen (secondary N) is 1. The Hall–Kier alpha value is -3.50. The number of nitrogens with zero attached hydrogens (tertiary/aromatic N) is 6. The number of carbonyl (C=O) groups is 1. The molecule has 33 heavy (non-hydrogen) atoms. The number of halogens is 3. The van der Waals surface area contributed by atoms with Crippen LogP contribution in [0, 0.1) is 12.8 Å². The molecule has 1 N–H and O–H groups in total. The molecule has 1 fully saturated rings. The van der Waals surface area contributed by atoms with Crippen molar-refractivity contribution in [2.45, 2.75) is 38.9 Å². The summed E-state index contributed by atoms with van der Waals surface area (Å²) >= 11 is 0. The molecular formula is C22H24F3N7O. The molecular weight excluding hydrogens is 435 g/mol. The van der Waals surface area contributed by atoms with Gasteiger partial charge in [-0.1, -0.05) is 19.1 Å². The fourth-order valence-corrected chi connectivity index (χ4v) is 4.16. The first-order valence-electron chi connectivity index (χ1n) is 10.7. The average molecular weight is 459 g/mol. The first-order chi connectivity index (χ1) is 15.8. The van der Waals surface area contributed by atoms with Gasteiger partial charge in [-0.2, -0.15) is 28.2 Å². The van der Waals surface area contributed by atoms with Gasteiger partial charge in [0.15, 0.2) is 0 Å². The van der Waals surface area contributed by atoms with Crippen LogP contribution in [0.2, 0.25) is 0 Å². The molecule has 1 aliphatic rings. The normalized spacial score (nSPS) is 18.9. The van der Waals surface area contributed by atoms with E-state index in [0.29, 0.717) is 24.3 Å². The van der Waals surface area contributed by atoms with Crippen LogP contribution in [0.15, 0.2) is 43.0 Å². The second-order valence-corrected chi connectivity index (χ2v) is 8.15. The number of hydrogen-bond donors (Lipinski definition) is 1. The molecule has 4 rings (SSSR count). The zero-order valence-corrected chi connectivity index (χ0v) is 18.3. The summed E-state index contributed by atoms with van der Waals surface area (Å²) in [5.41, 5.74) is 1.03. The van der Waals surface area contributed by atoms with Crippen LogP contribution in [-0.4, -0.2) is 54.9 Å². The Balaban J connectivity index is 1.56. The predicted octanol–water partition coefficient (Wildman–Crippen LogP) is 3.74. The van der Waals surface area contributed by atoms with Crippen molar-refractivity contribution in [3.8, 4) is 5.69 Å². The third-order valence-corrected chi connectivity index (χ3v) is 5.92. The minimum atomic E-state index is -4.49. The Bertz CT molecular complexity index is 1100. The lowest BCUT2D eigenvalue weighted by Gasteiger charge is -2.40. The van der Waals surface area contributed by atoms with E-state index in [1.165, 1.54) is 4.80 Å². The predicted molar refractivity (Wildman–Crippen MR) is 115 cm³/mol. The Morgan fingerprint density at radius 3 is 2.55 bits per heavy atom. The zero-order valence-electron chi connectivity index (χ0n) is 18.3. The zero-order chi connectivity index (χ0) is 23.6. The largest absolute Gasteiger partial charge is 0.419 e. The van der Waals surface area contributed by atoms with Crippen LogP contribution >= 0.6 is 0 Å². The van der Waals surface area contributed by atoms with Gasteiger partial charge in [0.2, 0.25) is 5.95 Å². The lowest BCUT2D eigenvalue weighted by atomic mass is 9.89. The highest BCUT2D eigenvalue weighted by atomic mass is 19.4. The molecule has 174 valence electrons. The van der Waals surface area contributed by atoms with Crippen LogP contribution in [0.25, 0.3) is 5.69 Å². The lowest BCUT2D eigenvalue weighted by molar-refractivity contribution is -0.138. The second kappa shape index (κ2) is 9.16. The Labute approximate surface area is 188 Å². The quantitative estimate of drug-likeness (QED) is 0.625. The van der Waals surface area contributed by atoms with E-state index < -0.39 is 11.7 Å². The van der Waals surface area contributed by atoms with E-state index in [1.54, 1.807) is 18.5 Å². The summed E-state index contributed by atoms with van der Waals surface area (Å²) in [5, 5.41) is 11.4. The Kier molecular flexibility index (Phi) is 6.30. The fraction of sp³-hybridized carbons (Fsp3) is 0.409. The number of carbonyl (C=O) groups excluding carboxylic acids is 1. The third-order valence-electron chi connectivity index (χ3n) is 5.92. The van der Waals surface area contributed by atoms with Crippen LogP contribution in [0.3, 0.4) is 0 Å². The topological polar surface area (TPSA) is 88.8 Å². The van der Waals surface area contributed by atoms with Crippen molar-refractivity contribution in [1.29, 1.82) is 0 Å². The van der Waals surface area contributed by atoms with E-state index in [9.17, 15) is 18.0 Å². The van der Waals surface area contributed by atoms with E-state index >= 15 is 0 Å². The van der Waals surface area contributed by atoms with Crippen molar-refractivity contribution in [2.75, 3.05) is 18.4 Å². The molecule has 0 aliphatic carbocycles. The highest BCUT2D eigenvalue weighted by molar-refractivity contribution is 5.99. The van der Waals surface area contributed by atoms with Crippen molar-refractivity contribution in [2.24, 2.45) is 5.92 Å². The number of rotatable bonds is 5. The number of aromatic nitrogens is 5. The van der Waals surface area contributed by atoms with Crippen molar-refractivity contribution in [3.05, 3.63) is 59.7 Å². The van der Waals surface area contributed by atoms with Crippen LogP contribution < -0.4 is 5.32 Å². The average Bonchev–Trinajstić information content (AvgIpc) is 3.32. The van der Waals surface area contributed by atoms with Gasteiger partial charge in [-0.25, -0.2) is 9.97 Å². The number of alkyl halides is 3. The van der Waals surface area contributed by atoms with Gasteiger partial charge in [0.25, 0.3) is 5.91 Å². The molecule has 0 saturated carbocycles. The Morgan fingerprint density at radius 1 is 1.18 bits per heavy atom. The summed E-state index contributed by atoms with van der Waals surface area (Å²) in [5.74, 6) is 0.137. The minimum absolute atomic E-state index is 0.0884. The summed E-state index contributed by atoms with van der Waals surface area (Å²) in [6, 6.07) is 5.34. The lowest BCUT2D eigenvalue weighted by Crippen LogP contribution is -2.51. The molecule has 3 heterocycles. The van der Waals surface area contributed by atoms with Gasteiger partial charge in [0.05, 0.1) is 35.2 Å². The van der Waals surface area contributed by atoms with E-state index in [4.69, 9.17) is 0 Å². The number of aryl methyl sites for hydroxylation is 1. The van der Waals surface area contributed by atoms with Gasteiger partial charge < -0.3 is 10.2 Å². The van der Waals surface area contributed by atoms with Crippen LogP contribution in [0.1, 0.15) is 41.3 Å². The third kappa shape index (κ3) is 4.81. The molecule has 0 bridgehead atoms. The van der Waals surface area contributed by atoms with Gasteiger partial charge in [-0.05, 0) is 37.3 Å². The summed E-state index contributed by atoms with van der Waals surface area (Å²) < 4.78 is 38.3. The summed E-state index contributed by atoms with van der Waals surface area (Å²) in [6.45, 7) is 4.83. The summed E-state index contributed by atoms with van der Waals surface area (Å²) in [4.78, 5) is 24.5. The van der Waals surface area contributed by atoms with Crippen LogP contribution in [0.4, 0.5) is 19.1 Å². The molecule has 0 radical (unpaired) electrons. The van der Waals surface area contributed by atoms with Crippen molar-refractivity contribution in [3.63, 3.8) is 0 Å². The maximum absolute atomic E-state index is 13.7. The molecule has 11 heteroatoms. The van der Waals surface area contributed by atoms with Gasteiger partial charge in [-0.3, -0.25) is 4.79 Å². The highest BCUT2D eigenvalue weighted by Gasteiger charge is 2.35.